The zero-order valence-corrected chi connectivity index (χ0v) is 14.6. The van der Waals surface area contributed by atoms with Crippen LogP contribution in [-0.2, 0) is 7.05 Å². The van der Waals surface area contributed by atoms with Crippen molar-refractivity contribution in [3.05, 3.63) is 36.3 Å². The highest BCUT2D eigenvalue weighted by molar-refractivity contribution is 7.99. The fourth-order valence-electron chi connectivity index (χ4n) is 3.19. The number of aromatic nitrogens is 3. The molecular formula is C17H24N4OS. The summed E-state index contributed by atoms with van der Waals surface area (Å²) in [4.78, 5) is 15.1. The molecule has 5 nitrogen and oxygen atoms in total. The monoisotopic (exact) mass is 332 g/mol. The van der Waals surface area contributed by atoms with Gasteiger partial charge in [-0.1, -0.05) is 13.3 Å². The van der Waals surface area contributed by atoms with E-state index in [9.17, 15) is 4.79 Å². The molecule has 1 aliphatic rings. The molecule has 3 heterocycles. The molecule has 0 radical (unpaired) electrons. The van der Waals surface area contributed by atoms with Crippen LogP contribution in [0.25, 0.3) is 5.82 Å². The normalized spacial score (nSPS) is 18.9. The van der Waals surface area contributed by atoms with E-state index in [1.165, 1.54) is 12.8 Å². The van der Waals surface area contributed by atoms with E-state index in [1.807, 2.05) is 52.8 Å². The van der Waals surface area contributed by atoms with E-state index < -0.39 is 0 Å². The molecule has 0 aliphatic carbocycles. The predicted octanol–water partition coefficient (Wildman–Crippen LogP) is 2.96. The Bertz CT molecular complexity index is 650. The second-order valence-corrected chi connectivity index (χ2v) is 7.50. The van der Waals surface area contributed by atoms with Gasteiger partial charge in [0, 0.05) is 37.8 Å². The first-order valence-corrected chi connectivity index (χ1v) is 9.31. The van der Waals surface area contributed by atoms with Gasteiger partial charge in [0.25, 0.3) is 5.91 Å². The summed E-state index contributed by atoms with van der Waals surface area (Å²) in [5.74, 6) is 2.04. The zero-order chi connectivity index (χ0) is 16.2. The summed E-state index contributed by atoms with van der Waals surface area (Å²) in [5.41, 5.74) is 0.686. The Morgan fingerprint density at radius 2 is 2.13 bits per heavy atom. The van der Waals surface area contributed by atoms with E-state index in [0.29, 0.717) is 10.8 Å². The number of hydrogen-bond acceptors (Lipinski definition) is 3. The summed E-state index contributed by atoms with van der Waals surface area (Å²) in [5, 5.41) is 4.86. The van der Waals surface area contributed by atoms with Gasteiger partial charge in [-0.2, -0.15) is 16.9 Å². The van der Waals surface area contributed by atoms with Gasteiger partial charge in [-0.3, -0.25) is 9.48 Å². The van der Waals surface area contributed by atoms with Gasteiger partial charge in [0.15, 0.2) is 0 Å². The minimum absolute atomic E-state index is 0.102. The van der Waals surface area contributed by atoms with Crippen molar-refractivity contribution in [2.45, 2.75) is 31.4 Å². The lowest BCUT2D eigenvalue weighted by Crippen LogP contribution is -2.36. The first kappa shape index (κ1) is 16.2. The van der Waals surface area contributed by atoms with E-state index in [4.69, 9.17) is 0 Å². The lowest BCUT2D eigenvalue weighted by molar-refractivity contribution is 0.0763. The molecule has 0 spiro atoms. The van der Waals surface area contributed by atoms with E-state index in [1.54, 1.807) is 10.9 Å². The molecule has 124 valence electrons. The van der Waals surface area contributed by atoms with Crippen molar-refractivity contribution in [2.24, 2.45) is 7.05 Å². The molecule has 1 atom stereocenters. The van der Waals surface area contributed by atoms with Gasteiger partial charge in [-0.05, 0) is 30.7 Å². The fraction of sp³-hybridized carbons (Fsp3) is 0.529. The maximum absolute atomic E-state index is 13.1. The summed E-state index contributed by atoms with van der Waals surface area (Å²) in [6, 6.07) is 3.92. The lowest BCUT2D eigenvalue weighted by Gasteiger charge is -2.24. The van der Waals surface area contributed by atoms with Crippen molar-refractivity contribution in [3.63, 3.8) is 0 Å². The fourth-order valence-corrected chi connectivity index (χ4v) is 4.28. The molecule has 23 heavy (non-hydrogen) atoms. The third kappa shape index (κ3) is 3.47. The Hall–Kier alpha value is -1.69. The topological polar surface area (TPSA) is 43.1 Å². The van der Waals surface area contributed by atoms with E-state index in [2.05, 4.69) is 12.0 Å². The first-order valence-electron chi connectivity index (χ1n) is 8.27. The summed E-state index contributed by atoms with van der Waals surface area (Å²) >= 11 is 1.97. The van der Waals surface area contributed by atoms with E-state index >= 15 is 0 Å². The van der Waals surface area contributed by atoms with Crippen molar-refractivity contribution in [1.82, 2.24) is 19.2 Å². The Balaban J connectivity index is 1.85. The highest BCUT2D eigenvalue weighted by Gasteiger charge is 2.26. The average Bonchev–Trinajstić information content (AvgIpc) is 3.12. The molecule has 0 aromatic carbocycles. The van der Waals surface area contributed by atoms with Crippen molar-refractivity contribution in [3.8, 4) is 5.82 Å². The smallest absolute Gasteiger partial charge is 0.259 e. The molecule has 1 saturated heterocycles. The predicted molar refractivity (Wildman–Crippen MR) is 94.2 cm³/mol. The summed E-state index contributed by atoms with van der Waals surface area (Å²) in [6.07, 6.45) is 9.10. The molecule has 1 fully saturated rings. The number of aryl methyl sites for hydroxylation is 1. The number of carbonyl (C=O) groups is 1. The number of carbonyl (C=O) groups excluding carboxylic acids is 1. The largest absolute Gasteiger partial charge is 0.337 e. The number of amides is 1. The zero-order valence-electron chi connectivity index (χ0n) is 13.8. The Kier molecular flexibility index (Phi) is 5.10. The van der Waals surface area contributed by atoms with Crippen LogP contribution in [0.1, 0.15) is 36.5 Å². The van der Waals surface area contributed by atoms with Crippen molar-refractivity contribution >= 4 is 17.7 Å². The van der Waals surface area contributed by atoms with Gasteiger partial charge in [-0.25, -0.2) is 0 Å². The molecule has 2 aromatic heterocycles. The number of rotatable bonds is 4. The summed E-state index contributed by atoms with van der Waals surface area (Å²) in [7, 11) is 1.88. The van der Waals surface area contributed by atoms with Crippen LogP contribution in [0.15, 0.2) is 30.7 Å². The molecule has 0 saturated carbocycles. The Morgan fingerprint density at radius 1 is 1.35 bits per heavy atom. The highest BCUT2D eigenvalue weighted by atomic mass is 32.2. The third-order valence-electron chi connectivity index (χ3n) is 4.30. The number of hydrogen-bond donors (Lipinski definition) is 0. The Morgan fingerprint density at radius 3 is 2.87 bits per heavy atom. The van der Waals surface area contributed by atoms with Crippen molar-refractivity contribution in [1.29, 1.82) is 0 Å². The molecule has 0 bridgehead atoms. The molecule has 3 rings (SSSR count). The van der Waals surface area contributed by atoms with Crippen LogP contribution in [0.2, 0.25) is 0 Å². The van der Waals surface area contributed by atoms with Crippen molar-refractivity contribution < 1.29 is 4.79 Å². The highest BCUT2D eigenvalue weighted by Crippen LogP contribution is 2.24. The number of likely N-dealkylation sites (tertiary alicyclic amines) is 1. The molecule has 1 aliphatic heterocycles. The minimum Gasteiger partial charge on any atom is -0.337 e. The van der Waals surface area contributed by atoms with Crippen LogP contribution in [0, 0.1) is 0 Å². The standard InChI is InChI=1S/C17H24N4OS/c1-3-23-14-8-4-5-11-21(13-14)17(22)15-12-18-19(2)16(15)20-9-6-7-10-20/h6-7,9-10,12,14H,3-5,8,11,13H2,1-2H3. The third-order valence-corrected chi connectivity index (χ3v) is 5.49. The van der Waals surface area contributed by atoms with Crippen LogP contribution < -0.4 is 0 Å². The summed E-state index contributed by atoms with van der Waals surface area (Å²) in [6.45, 7) is 3.88. The van der Waals surface area contributed by atoms with Crippen LogP contribution in [0.5, 0.6) is 0 Å². The average molecular weight is 332 g/mol. The maximum atomic E-state index is 13.1. The number of nitrogens with zero attached hydrogens (tertiary/aromatic N) is 4. The molecule has 6 heteroatoms. The van der Waals surface area contributed by atoms with Gasteiger partial charge in [0.1, 0.15) is 11.4 Å². The minimum atomic E-state index is 0.102. The molecular weight excluding hydrogens is 308 g/mol. The quantitative estimate of drug-likeness (QED) is 0.864. The Labute approximate surface area is 141 Å². The molecule has 2 aromatic rings. The second-order valence-electron chi connectivity index (χ2n) is 5.92. The molecule has 1 unspecified atom stereocenters. The SMILES string of the molecule is CCSC1CCCCN(C(=O)c2cnn(C)c2-n2cccc2)C1. The van der Waals surface area contributed by atoms with Crippen molar-refractivity contribution in [2.75, 3.05) is 18.8 Å². The van der Waals surface area contributed by atoms with Gasteiger partial charge in [-0.15, -0.1) is 0 Å². The van der Waals surface area contributed by atoms with Gasteiger partial charge in [0.2, 0.25) is 0 Å². The van der Waals surface area contributed by atoms with Crippen LogP contribution >= 0.6 is 11.8 Å². The second kappa shape index (κ2) is 7.25. The van der Waals surface area contributed by atoms with Crippen LogP contribution in [0.3, 0.4) is 0 Å². The lowest BCUT2D eigenvalue weighted by atomic mass is 10.2. The molecule has 1 amide bonds. The first-order chi connectivity index (χ1) is 11.2. The van der Waals surface area contributed by atoms with Gasteiger partial charge >= 0.3 is 0 Å². The maximum Gasteiger partial charge on any atom is 0.259 e. The van der Waals surface area contributed by atoms with Gasteiger partial charge in [0.05, 0.1) is 6.20 Å². The van der Waals surface area contributed by atoms with Crippen LogP contribution in [-0.4, -0.2) is 49.2 Å². The number of thioether (sulfide) groups is 1. The van der Waals surface area contributed by atoms with Gasteiger partial charge < -0.3 is 9.47 Å². The van der Waals surface area contributed by atoms with E-state index in [0.717, 1.165) is 31.1 Å². The van der Waals surface area contributed by atoms with Crippen LogP contribution in [0.4, 0.5) is 0 Å². The van der Waals surface area contributed by atoms with E-state index in [-0.39, 0.29) is 5.91 Å². The summed E-state index contributed by atoms with van der Waals surface area (Å²) < 4.78 is 3.72. The molecule has 0 N–H and O–H groups in total.